The summed E-state index contributed by atoms with van der Waals surface area (Å²) in [6, 6.07) is 7.07. The molecule has 19 heavy (non-hydrogen) atoms. The first kappa shape index (κ1) is 15.2. The molecule has 0 fully saturated rings. The van der Waals surface area contributed by atoms with Crippen molar-refractivity contribution in [3.8, 4) is 0 Å². The van der Waals surface area contributed by atoms with Gasteiger partial charge in [-0.25, -0.2) is 0 Å². The molecule has 0 radical (unpaired) electrons. The summed E-state index contributed by atoms with van der Waals surface area (Å²) in [4.78, 5) is 22.6. The number of aliphatic hydroxyl groups is 1. The van der Waals surface area contributed by atoms with E-state index in [-0.39, 0.29) is 25.5 Å². The quantitative estimate of drug-likeness (QED) is 0.721. The van der Waals surface area contributed by atoms with Crippen molar-refractivity contribution in [2.45, 2.75) is 20.3 Å². The Bertz CT molecular complexity index is 455. The van der Waals surface area contributed by atoms with Gasteiger partial charge in [-0.3, -0.25) is 9.59 Å². The van der Waals surface area contributed by atoms with Crippen molar-refractivity contribution in [1.82, 2.24) is 5.32 Å². The molecule has 0 spiro atoms. The molecular formula is C14H19NO4. The predicted molar refractivity (Wildman–Crippen MR) is 71.0 cm³/mol. The molecule has 1 amide bonds. The van der Waals surface area contributed by atoms with Gasteiger partial charge in [-0.1, -0.05) is 24.6 Å². The van der Waals surface area contributed by atoms with E-state index in [2.05, 4.69) is 5.32 Å². The molecule has 1 unspecified atom stereocenters. The maximum absolute atomic E-state index is 11.9. The summed E-state index contributed by atoms with van der Waals surface area (Å²) in [6.45, 7) is 3.36. The Morgan fingerprint density at radius 3 is 2.32 bits per heavy atom. The van der Waals surface area contributed by atoms with E-state index in [0.717, 1.165) is 5.56 Å². The number of amides is 1. The van der Waals surface area contributed by atoms with Crippen molar-refractivity contribution in [1.29, 1.82) is 0 Å². The van der Waals surface area contributed by atoms with Crippen LogP contribution in [0, 0.1) is 12.3 Å². The lowest BCUT2D eigenvalue weighted by Crippen LogP contribution is -2.39. The largest absolute Gasteiger partial charge is 0.481 e. The number of nitrogens with one attached hydrogen (secondary N) is 1. The zero-order chi connectivity index (χ0) is 14.5. The highest BCUT2D eigenvalue weighted by molar-refractivity contribution is 5.94. The summed E-state index contributed by atoms with van der Waals surface area (Å²) in [5, 5.41) is 20.7. The van der Waals surface area contributed by atoms with Gasteiger partial charge in [0.2, 0.25) is 0 Å². The maximum Gasteiger partial charge on any atom is 0.304 e. The minimum absolute atomic E-state index is 0.114. The molecule has 1 aromatic rings. The van der Waals surface area contributed by atoms with Crippen molar-refractivity contribution < 1.29 is 19.8 Å². The van der Waals surface area contributed by atoms with Crippen LogP contribution in [-0.4, -0.2) is 35.2 Å². The molecule has 0 aliphatic heterocycles. The molecule has 0 heterocycles. The van der Waals surface area contributed by atoms with E-state index in [1.165, 1.54) is 0 Å². The van der Waals surface area contributed by atoms with Crippen LogP contribution in [0.2, 0.25) is 0 Å². The van der Waals surface area contributed by atoms with Crippen LogP contribution in [0.1, 0.15) is 29.3 Å². The van der Waals surface area contributed by atoms with E-state index >= 15 is 0 Å². The van der Waals surface area contributed by atoms with Gasteiger partial charge in [-0.2, -0.15) is 0 Å². The van der Waals surface area contributed by atoms with Gasteiger partial charge in [0.05, 0.1) is 13.0 Å². The van der Waals surface area contributed by atoms with Crippen molar-refractivity contribution in [3.63, 3.8) is 0 Å². The lowest BCUT2D eigenvalue weighted by molar-refractivity contribution is -0.140. The SMILES string of the molecule is Cc1ccc(C(=O)NCC(C)(CO)CC(=O)O)cc1. The second kappa shape index (κ2) is 6.33. The van der Waals surface area contributed by atoms with Crippen LogP contribution in [0.25, 0.3) is 0 Å². The second-order valence-electron chi connectivity index (χ2n) is 5.09. The van der Waals surface area contributed by atoms with Gasteiger partial charge in [0.15, 0.2) is 0 Å². The summed E-state index contributed by atoms with van der Waals surface area (Å²) in [6.07, 6.45) is -0.197. The monoisotopic (exact) mass is 265 g/mol. The van der Waals surface area contributed by atoms with Crippen molar-refractivity contribution in [2.75, 3.05) is 13.2 Å². The molecule has 0 bridgehead atoms. The van der Waals surface area contributed by atoms with Crippen LogP contribution in [0.5, 0.6) is 0 Å². The smallest absolute Gasteiger partial charge is 0.304 e. The van der Waals surface area contributed by atoms with Gasteiger partial charge in [-0.15, -0.1) is 0 Å². The summed E-state index contributed by atoms with van der Waals surface area (Å²) in [5.41, 5.74) is 0.718. The first-order valence-electron chi connectivity index (χ1n) is 6.04. The number of hydrogen-bond acceptors (Lipinski definition) is 3. The number of aliphatic carboxylic acids is 1. The Kier molecular flexibility index (Phi) is 5.06. The first-order valence-corrected chi connectivity index (χ1v) is 6.04. The fourth-order valence-electron chi connectivity index (χ4n) is 1.64. The van der Waals surface area contributed by atoms with Gasteiger partial charge in [0, 0.05) is 17.5 Å². The Balaban J connectivity index is 2.62. The zero-order valence-electron chi connectivity index (χ0n) is 11.1. The molecule has 1 aromatic carbocycles. The highest BCUT2D eigenvalue weighted by Gasteiger charge is 2.27. The molecule has 1 rings (SSSR count). The van der Waals surface area contributed by atoms with E-state index in [9.17, 15) is 14.7 Å². The standard InChI is InChI=1S/C14H19NO4/c1-10-3-5-11(6-4-10)13(19)15-8-14(2,9-16)7-12(17)18/h3-6,16H,7-9H2,1-2H3,(H,15,19)(H,17,18). The van der Waals surface area contributed by atoms with Crippen LogP contribution < -0.4 is 5.32 Å². The van der Waals surface area contributed by atoms with Gasteiger partial charge >= 0.3 is 5.97 Å². The van der Waals surface area contributed by atoms with Crippen LogP contribution in [0.3, 0.4) is 0 Å². The first-order chi connectivity index (χ1) is 8.86. The van der Waals surface area contributed by atoms with Crippen molar-refractivity contribution in [3.05, 3.63) is 35.4 Å². The molecule has 3 N–H and O–H groups in total. The number of carbonyl (C=O) groups is 2. The van der Waals surface area contributed by atoms with E-state index < -0.39 is 11.4 Å². The van der Waals surface area contributed by atoms with Crippen LogP contribution in [-0.2, 0) is 4.79 Å². The molecule has 0 saturated heterocycles. The summed E-state index contributed by atoms with van der Waals surface area (Å²) in [7, 11) is 0. The lowest BCUT2D eigenvalue weighted by Gasteiger charge is -2.25. The highest BCUT2D eigenvalue weighted by atomic mass is 16.4. The number of carbonyl (C=O) groups excluding carboxylic acids is 1. The third-order valence-electron chi connectivity index (χ3n) is 2.95. The van der Waals surface area contributed by atoms with Crippen molar-refractivity contribution in [2.24, 2.45) is 5.41 Å². The molecule has 5 nitrogen and oxygen atoms in total. The van der Waals surface area contributed by atoms with Crippen LogP contribution in [0.4, 0.5) is 0 Å². The van der Waals surface area contributed by atoms with Gasteiger partial charge in [-0.05, 0) is 19.1 Å². The molecule has 1 atom stereocenters. The molecule has 0 aliphatic carbocycles. The number of benzene rings is 1. The number of aliphatic hydroxyl groups excluding tert-OH is 1. The number of rotatable bonds is 6. The molecular weight excluding hydrogens is 246 g/mol. The second-order valence-corrected chi connectivity index (χ2v) is 5.09. The number of carboxylic acid groups (broad SMARTS) is 1. The number of hydrogen-bond donors (Lipinski definition) is 3. The number of aryl methyl sites for hydroxylation is 1. The molecule has 5 heteroatoms. The third kappa shape index (κ3) is 4.71. The van der Waals surface area contributed by atoms with Gasteiger partial charge in [0.25, 0.3) is 5.91 Å². The zero-order valence-corrected chi connectivity index (χ0v) is 11.1. The Hall–Kier alpha value is -1.88. The minimum Gasteiger partial charge on any atom is -0.481 e. The van der Waals surface area contributed by atoms with E-state index in [0.29, 0.717) is 5.56 Å². The van der Waals surface area contributed by atoms with Crippen LogP contribution in [0.15, 0.2) is 24.3 Å². The highest BCUT2D eigenvalue weighted by Crippen LogP contribution is 2.19. The predicted octanol–water partition coefficient (Wildman–Crippen LogP) is 1.20. The molecule has 0 aromatic heterocycles. The van der Waals surface area contributed by atoms with Gasteiger partial charge in [0.1, 0.15) is 0 Å². The minimum atomic E-state index is -0.999. The number of carboxylic acids is 1. The Morgan fingerprint density at radius 1 is 1.26 bits per heavy atom. The lowest BCUT2D eigenvalue weighted by atomic mass is 9.87. The Labute approximate surface area is 112 Å². The summed E-state index contributed by atoms with van der Waals surface area (Å²) < 4.78 is 0. The molecule has 104 valence electrons. The maximum atomic E-state index is 11.9. The summed E-state index contributed by atoms with van der Waals surface area (Å²) >= 11 is 0. The fourth-order valence-corrected chi connectivity index (χ4v) is 1.64. The molecule has 0 saturated carbocycles. The normalized spacial score (nSPS) is 13.6. The molecule has 0 aliphatic rings. The summed E-state index contributed by atoms with van der Waals surface area (Å²) in [5.74, 6) is -1.27. The van der Waals surface area contributed by atoms with Crippen LogP contribution >= 0.6 is 0 Å². The van der Waals surface area contributed by atoms with E-state index in [1.54, 1.807) is 19.1 Å². The average molecular weight is 265 g/mol. The average Bonchev–Trinajstić information content (AvgIpc) is 2.36. The van der Waals surface area contributed by atoms with E-state index in [1.807, 2.05) is 19.1 Å². The fraction of sp³-hybridized carbons (Fsp3) is 0.429. The van der Waals surface area contributed by atoms with E-state index in [4.69, 9.17) is 5.11 Å². The third-order valence-corrected chi connectivity index (χ3v) is 2.95. The Morgan fingerprint density at radius 2 is 1.84 bits per heavy atom. The topological polar surface area (TPSA) is 86.6 Å². The van der Waals surface area contributed by atoms with Gasteiger partial charge < -0.3 is 15.5 Å². The van der Waals surface area contributed by atoms with Crippen molar-refractivity contribution >= 4 is 11.9 Å².